The molecule has 0 unspecified atom stereocenters. The van der Waals surface area contributed by atoms with E-state index < -0.39 is 0 Å². The summed E-state index contributed by atoms with van der Waals surface area (Å²) in [5.74, 6) is 1.58. The van der Waals surface area contributed by atoms with Gasteiger partial charge < -0.3 is 24.0 Å². The number of methoxy groups -OCH3 is 3. The minimum atomic E-state index is -0.342. The Balaban J connectivity index is 1.68. The van der Waals surface area contributed by atoms with Gasteiger partial charge in [-0.25, -0.2) is 4.98 Å². The van der Waals surface area contributed by atoms with E-state index >= 15 is 0 Å². The molecule has 0 aliphatic carbocycles. The number of rotatable bonds is 7. The fourth-order valence-corrected chi connectivity index (χ4v) is 4.03. The van der Waals surface area contributed by atoms with Gasteiger partial charge in [-0.2, -0.15) is 0 Å². The average Bonchev–Trinajstić information content (AvgIpc) is 3.23. The molecule has 0 radical (unpaired) electrons. The number of aromatic nitrogens is 2. The number of carbonyl (C=O) groups is 1. The third kappa shape index (κ3) is 3.81. The molecule has 9 heteroatoms. The highest BCUT2D eigenvalue weighted by atomic mass is 16.5. The van der Waals surface area contributed by atoms with Crippen LogP contribution in [0.4, 0.5) is 11.6 Å². The molecule has 32 heavy (non-hydrogen) atoms. The Bertz CT molecular complexity index is 1220. The van der Waals surface area contributed by atoms with Gasteiger partial charge >= 0.3 is 0 Å². The van der Waals surface area contributed by atoms with Crippen molar-refractivity contribution in [1.29, 1.82) is 0 Å². The Hall–Kier alpha value is -3.75. The predicted octanol–water partition coefficient (Wildman–Crippen LogP) is 2.71. The molecule has 1 amide bonds. The lowest BCUT2D eigenvalue weighted by molar-refractivity contribution is -0.117. The normalized spacial score (nSPS) is 13.5. The molecule has 0 spiro atoms. The Morgan fingerprint density at radius 1 is 1.09 bits per heavy atom. The molecule has 0 bridgehead atoms. The van der Waals surface area contributed by atoms with Crippen LogP contribution in [0.3, 0.4) is 0 Å². The van der Waals surface area contributed by atoms with Crippen LogP contribution >= 0.6 is 0 Å². The van der Waals surface area contributed by atoms with Crippen molar-refractivity contribution in [1.82, 2.24) is 9.97 Å². The standard InChI is InChI=1S/C23H26N4O5/c1-26(13-14-7-5-8-15(11-14)27-10-6-9-18(27)28)23-24-16-12-17(30-2)20(31-3)21(32-4)19(16)22(29)25-23/h5,7-8,11-12H,6,9-10,13H2,1-4H3,(H,24,25,29). The van der Waals surface area contributed by atoms with Gasteiger partial charge in [-0.1, -0.05) is 12.1 Å². The number of fused-ring (bicyclic) bond motifs is 1. The van der Waals surface area contributed by atoms with Gasteiger partial charge in [0, 0.05) is 38.3 Å². The summed E-state index contributed by atoms with van der Waals surface area (Å²) >= 11 is 0. The Labute approximate surface area is 185 Å². The first-order chi connectivity index (χ1) is 15.5. The van der Waals surface area contributed by atoms with Crippen LogP contribution in [-0.4, -0.2) is 50.8 Å². The van der Waals surface area contributed by atoms with E-state index in [1.165, 1.54) is 21.3 Å². The fraction of sp³-hybridized carbons (Fsp3) is 0.348. The summed E-state index contributed by atoms with van der Waals surface area (Å²) in [6.07, 6.45) is 1.47. The van der Waals surface area contributed by atoms with Gasteiger partial charge in [0.25, 0.3) is 5.56 Å². The predicted molar refractivity (Wildman–Crippen MR) is 122 cm³/mol. The van der Waals surface area contributed by atoms with Gasteiger partial charge in [0.15, 0.2) is 11.5 Å². The smallest absolute Gasteiger partial charge is 0.264 e. The van der Waals surface area contributed by atoms with Crippen LogP contribution in [-0.2, 0) is 11.3 Å². The number of carbonyl (C=O) groups excluding carboxylic acids is 1. The first-order valence-electron chi connectivity index (χ1n) is 10.3. The molecule has 3 aromatic rings. The second-order valence-electron chi connectivity index (χ2n) is 7.60. The number of H-pyrrole nitrogens is 1. The molecule has 2 heterocycles. The summed E-state index contributed by atoms with van der Waals surface area (Å²) in [4.78, 5) is 36.1. The van der Waals surface area contributed by atoms with Crippen molar-refractivity contribution in [2.75, 3.05) is 44.7 Å². The molecule has 1 aromatic heterocycles. The van der Waals surface area contributed by atoms with Gasteiger partial charge in [-0.3, -0.25) is 14.6 Å². The molecule has 4 rings (SSSR count). The zero-order chi connectivity index (χ0) is 22.8. The molecular weight excluding hydrogens is 412 g/mol. The van der Waals surface area contributed by atoms with Crippen molar-refractivity contribution in [3.8, 4) is 17.2 Å². The van der Waals surface area contributed by atoms with Gasteiger partial charge in [-0.15, -0.1) is 0 Å². The third-order valence-electron chi connectivity index (χ3n) is 5.56. The number of nitrogens with zero attached hydrogens (tertiary/aromatic N) is 3. The van der Waals surface area contributed by atoms with Crippen LogP contribution in [0.25, 0.3) is 10.9 Å². The van der Waals surface area contributed by atoms with Crippen molar-refractivity contribution in [3.63, 3.8) is 0 Å². The number of benzene rings is 2. The molecular formula is C23H26N4O5. The average molecular weight is 438 g/mol. The van der Waals surface area contributed by atoms with E-state index in [4.69, 9.17) is 14.2 Å². The number of nitrogens with one attached hydrogen (secondary N) is 1. The van der Waals surface area contributed by atoms with E-state index in [2.05, 4.69) is 9.97 Å². The second-order valence-corrected chi connectivity index (χ2v) is 7.60. The highest BCUT2D eigenvalue weighted by Gasteiger charge is 2.23. The number of ether oxygens (including phenoxy) is 3. The third-order valence-corrected chi connectivity index (χ3v) is 5.56. The first-order valence-corrected chi connectivity index (χ1v) is 10.3. The maximum atomic E-state index is 12.9. The number of hydrogen-bond acceptors (Lipinski definition) is 7. The molecule has 0 atom stereocenters. The van der Waals surface area contributed by atoms with E-state index in [1.54, 1.807) is 6.07 Å². The van der Waals surface area contributed by atoms with Crippen molar-refractivity contribution in [2.45, 2.75) is 19.4 Å². The lowest BCUT2D eigenvalue weighted by atomic mass is 10.1. The SMILES string of the molecule is COc1cc2nc(N(C)Cc3cccc(N4CCCC4=O)c3)[nH]c(=O)c2c(OC)c1OC. The van der Waals surface area contributed by atoms with E-state index in [1.807, 2.05) is 41.1 Å². The molecule has 0 saturated carbocycles. The largest absolute Gasteiger partial charge is 0.493 e. The van der Waals surface area contributed by atoms with Crippen molar-refractivity contribution in [2.24, 2.45) is 0 Å². The summed E-state index contributed by atoms with van der Waals surface area (Å²) in [7, 11) is 6.31. The zero-order valence-corrected chi connectivity index (χ0v) is 18.6. The highest BCUT2D eigenvalue weighted by Crippen LogP contribution is 2.41. The van der Waals surface area contributed by atoms with Crippen LogP contribution < -0.4 is 29.6 Å². The minimum Gasteiger partial charge on any atom is -0.493 e. The summed E-state index contributed by atoms with van der Waals surface area (Å²) in [5.41, 5.74) is 1.98. The topological polar surface area (TPSA) is 97.0 Å². The Kier molecular flexibility index (Phi) is 5.89. The Morgan fingerprint density at radius 3 is 2.53 bits per heavy atom. The highest BCUT2D eigenvalue weighted by molar-refractivity contribution is 5.95. The van der Waals surface area contributed by atoms with E-state index in [9.17, 15) is 9.59 Å². The van der Waals surface area contributed by atoms with E-state index in [0.29, 0.717) is 35.9 Å². The van der Waals surface area contributed by atoms with E-state index in [0.717, 1.165) is 24.2 Å². The molecule has 1 aliphatic heterocycles. The van der Waals surface area contributed by atoms with Crippen LogP contribution in [0.1, 0.15) is 18.4 Å². The van der Waals surface area contributed by atoms with Crippen molar-refractivity contribution in [3.05, 3.63) is 46.2 Å². The molecule has 9 nitrogen and oxygen atoms in total. The summed E-state index contributed by atoms with van der Waals surface area (Å²) in [6, 6.07) is 9.51. The summed E-state index contributed by atoms with van der Waals surface area (Å²) in [5, 5.41) is 0.289. The quantitative estimate of drug-likeness (QED) is 0.606. The number of hydrogen-bond donors (Lipinski definition) is 1. The van der Waals surface area contributed by atoms with Crippen LogP contribution in [0, 0.1) is 0 Å². The molecule has 1 saturated heterocycles. The second kappa shape index (κ2) is 8.78. The molecule has 1 aliphatic rings. The summed E-state index contributed by atoms with van der Waals surface area (Å²) < 4.78 is 16.2. The Morgan fingerprint density at radius 2 is 1.88 bits per heavy atom. The van der Waals surface area contributed by atoms with Crippen molar-refractivity contribution < 1.29 is 19.0 Å². The maximum Gasteiger partial charge on any atom is 0.264 e. The molecule has 1 N–H and O–H groups in total. The monoisotopic (exact) mass is 438 g/mol. The minimum absolute atomic E-state index is 0.148. The summed E-state index contributed by atoms with van der Waals surface area (Å²) in [6.45, 7) is 1.24. The number of amides is 1. The lowest BCUT2D eigenvalue weighted by Gasteiger charge is -2.21. The van der Waals surface area contributed by atoms with Gasteiger partial charge in [0.1, 0.15) is 5.39 Å². The lowest BCUT2D eigenvalue weighted by Crippen LogP contribution is -2.25. The zero-order valence-electron chi connectivity index (χ0n) is 18.6. The molecule has 2 aromatic carbocycles. The maximum absolute atomic E-state index is 12.9. The fourth-order valence-electron chi connectivity index (χ4n) is 4.03. The van der Waals surface area contributed by atoms with Gasteiger partial charge in [0.05, 0.1) is 26.8 Å². The van der Waals surface area contributed by atoms with Crippen molar-refractivity contribution >= 4 is 28.4 Å². The van der Waals surface area contributed by atoms with Crippen LogP contribution in [0.5, 0.6) is 17.2 Å². The molecule has 1 fully saturated rings. The number of aromatic amines is 1. The first kappa shape index (κ1) is 21.5. The van der Waals surface area contributed by atoms with Gasteiger partial charge in [0.2, 0.25) is 17.6 Å². The van der Waals surface area contributed by atoms with E-state index in [-0.39, 0.29) is 22.6 Å². The van der Waals surface area contributed by atoms with Crippen LogP contribution in [0.2, 0.25) is 0 Å². The number of anilines is 2. The van der Waals surface area contributed by atoms with Crippen LogP contribution in [0.15, 0.2) is 35.1 Å². The van der Waals surface area contributed by atoms with Gasteiger partial charge in [-0.05, 0) is 24.1 Å². The molecule has 168 valence electrons.